The monoisotopic (exact) mass is 397 g/mol. The summed E-state index contributed by atoms with van der Waals surface area (Å²) in [6.45, 7) is 3.86. The van der Waals surface area contributed by atoms with Crippen molar-refractivity contribution in [2.75, 3.05) is 13.1 Å². The molecule has 5 heteroatoms. The van der Waals surface area contributed by atoms with Crippen LogP contribution in [0.25, 0.3) is 0 Å². The Morgan fingerprint density at radius 3 is 2.24 bits per heavy atom. The van der Waals surface area contributed by atoms with Crippen molar-refractivity contribution in [1.29, 1.82) is 0 Å². The molecule has 0 aromatic heterocycles. The average Bonchev–Trinajstić information content (AvgIpc) is 2.67. The highest BCUT2D eigenvalue weighted by Crippen LogP contribution is 2.55. The van der Waals surface area contributed by atoms with Crippen LogP contribution in [-0.2, 0) is 11.3 Å². The Labute approximate surface area is 174 Å². The molecule has 0 aliphatic heterocycles. The fourth-order valence-corrected chi connectivity index (χ4v) is 6.36. The first-order valence-electron chi connectivity index (χ1n) is 11.4. The zero-order valence-electron chi connectivity index (χ0n) is 17.7. The van der Waals surface area contributed by atoms with Crippen molar-refractivity contribution >= 4 is 11.9 Å². The van der Waals surface area contributed by atoms with E-state index in [1.807, 2.05) is 35.2 Å². The second-order valence-electron chi connectivity index (χ2n) is 9.63. The molecule has 0 atom stereocenters. The highest BCUT2D eigenvalue weighted by atomic mass is 16.2. The Bertz CT molecular complexity index is 683. The lowest BCUT2D eigenvalue weighted by Gasteiger charge is -2.56. The van der Waals surface area contributed by atoms with Crippen molar-refractivity contribution in [3.63, 3.8) is 0 Å². The molecule has 29 heavy (non-hydrogen) atoms. The van der Waals surface area contributed by atoms with Gasteiger partial charge >= 0.3 is 6.03 Å². The largest absolute Gasteiger partial charge is 0.338 e. The standard InChI is InChI=1S/C24H35N3O2/c1-2-10-27(17-18-6-4-3-5-7-18)22(28)8-9-25-23(29)26-24-14-19-11-20(15-24)13-21(12-19)16-24/h3-7,19-21H,2,8-17H2,1H3,(H2,25,26,29). The molecule has 0 spiro atoms. The van der Waals surface area contributed by atoms with Crippen LogP contribution in [0.15, 0.2) is 30.3 Å². The van der Waals surface area contributed by atoms with Gasteiger partial charge in [-0.3, -0.25) is 4.79 Å². The van der Waals surface area contributed by atoms with Gasteiger partial charge in [0.05, 0.1) is 0 Å². The van der Waals surface area contributed by atoms with Crippen LogP contribution in [0.2, 0.25) is 0 Å². The molecule has 0 saturated heterocycles. The number of amides is 3. The lowest BCUT2D eigenvalue weighted by molar-refractivity contribution is -0.131. The van der Waals surface area contributed by atoms with Gasteiger partial charge in [0, 0.05) is 31.6 Å². The number of hydrogen-bond donors (Lipinski definition) is 2. The predicted molar refractivity (Wildman–Crippen MR) is 114 cm³/mol. The van der Waals surface area contributed by atoms with Crippen LogP contribution in [0.4, 0.5) is 4.79 Å². The zero-order chi connectivity index (χ0) is 20.3. The summed E-state index contributed by atoms with van der Waals surface area (Å²) in [4.78, 5) is 27.1. The maximum Gasteiger partial charge on any atom is 0.315 e. The Morgan fingerprint density at radius 2 is 1.66 bits per heavy atom. The highest BCUT2D eigenvalue weighted by molar-refractivity contribution is 5.78. The fourth-order valence-electron chi connectivity index (χ4n) is 6.36. The number of carbonyl (C=O) groups excluding carboxylic acids is 2. The Kier molecular flexibility index (Phi) is 6.12. The minimum Gasteiger partial charge on any atom is -0.338 e. The molecule has 0 heterocycles. The number of carbonyl (C=O) groups is 2. The van der Waals surface area contributed by atoms with E-state index in [-0.39, 0.29) is 17.5 Å². The van der Waals surface area contributed by atoms with E-state index in [0.717, 1.165) is 55.5 Å². The molecular formula is C24H35N3O2. The van der Waals surface area contributed by atoms with Crippen LogP contribution in [0.3, 0.4) is 0 Å². The summed E-state index contributed by atoms with van der Waals surface area (Å²) in [5.74, 6) is 2.53. The van der Waals surface area contributed by atoms with Gasteiger partial charge in [-0.25, -0.2) is 4.79 Å². The molecule has 1 aromatic carbocycles. The third-order valence-electron chi connectivity index (χ3n) is 7.10. The summed E-state index contributed by atoms with van der Waals surface area (Å²) in [7, 11) is 0. The second-order valence-corrected chi connectivity index (χ2v) is 9.63. The number of hydrogen-bond acceptors (Lipinski definition) is 2. The zero-order valence-corrected chi connectivity index (χ0v) is 17.7. The summed E-state index contributed by atoms with van der Waals surface area (Å²) in [5, 5.41) is 6.27. The molecule has 5 rings (SSSR count). The van der Waals surface area contributed by atoms with Crippen LogP contribution in [0, 0.1) is 17.8 Å². The summed E-state index contributed by atoms with van der Waals surface area (Å²) in [6, 6.07) is 9.99. The Balaban J connectivity index is 1.23. The van der Waals surface area contributed by atoms with Gasteiger partial charge in [-0.05, 0) is 68.3 Å². The topological polar surface area (TPSA) is 61.4 Å². The van der Waals surface area contributed by atoms with Gasteiger partial charge in [0.15, 0.2) is 0 Å². The number of rotatable bonds is 8. The number of urea groups is 1. The SMILES string of the molecule is CCCN(Cc1ccccc1)C(=O)CCNC(=O)NC12CC3CC(CC(C3)C1)C2. The van der Waals surface area contributed by atoms with Crippen molar-refractivity contribution in [3.05, 3.63) is 35.9 Å². The van der Waals surface area contributed by atoms with E-state index in [2.05, 4.69) is 17.6 Å². The molecule has 4 saturated carbocycles. The van der Waals surface area contributed by atoms with Crippen LogP contribution < -0.4 is 10.6 Å². The molecular weight excluding hydrogens is 362 g/mol. The molecule has 4 fully saturated rings. The first-order valence-corrected chi connectivity index (χ1v) is 11.4. The van der Waals surface area contributed by atoms with Crippen LogP contribution in [0.5, 0.6) is 0 Å². The summed E-state index contributed by atoms with van der Waals surface area (Å²) < 4.78 is 0. The third-order valence-corrected chi connectivity index (χ3v) is 7.10. The maximum atomic E-state index is 12.7. The molecule has 4 aliphatic carbocycles. The molecule has 1 aromatic rings. The first-order chi connectivity index (χ1) is 14.0. The van der Waals surface area contributed by atoms with Gasteiger partial charge in [-0.2, -0.15) is 0 Å². The predicted octanol–water partition coefficient (Wildman–Crippen LogP) is 4.08. The van der Waals surface area contributed by atoms with E-state index in [1.165, 1.54) is 19.3 Å². The molecule has 5 nitrogen and oxygen atoms in total. The Morgan fingerprint density at radius 1 is 1.03 bits per heavy atom. The quantitative estimate of drug-likeness (QED) is 0.694. The summed E-state index contributed by atoms with van der Waals surface area (Å²) >= 11 is 0. The van der Waals surface area contributed by atoms with E-state index in [1.54, 1.807) is 0 Å². The normalized spacial score (nSPS) is 29.5. The molecule has 3 amide bonds. The van der Waals surface area contributed by atoms with Crippen LogP contribution >= 0.6 is 0 Å². The van der Waals surface area contributed by atoms with E-state index < -0.39 is 0 Å². The van der Waals surface area contributed by atoms with Crippen molar-refractivity contribution < 1.29 is 9.59 Å². The fraction of sp³-hybridized carbons (Fsp3) is 0.667. The molecule has 0 unspecified atom stereocenters. The minimum atomic E-state index is -0.0927. The lowest BCUT2D eigenvalue weighted by atomic mass is 9.53. The van der Waals surface area contributed by atoms with Gasteiger partial charge in [0.2, 0.25) is 5.91 Å². The maximum absolute atomic E-state index is 12.7. The number of nitrogens with one attached hydrogen (secondary N) is 2. The van der Waals surface area contributed by atoms with E-state index >= 15 is 0 Å². The van der Waals surface area contributed by atoms with Crippen molar-refractivity contribution in [1.82, 2.24) is 15.5 Å². The summed E-state index contributed by atoms with van der Waals surface area (Å²) in [6.07, 6.45) is 8.81. The van der Waals surface area contributed by atoms with Crippen molar-refractivity contribution in [2.45, 2.75) is 70.4 Å². The van der Waals surface area contributed by atoms with Gasteiger partial charge in [-0.15, -0.1) is 0 Å². The molecule has 158 valence electrons. The number of benzene rings is 1. The van der Waals surface area contributed by atoms with E-state index in [0.29, 0.717) is 19.5 Å². The average molecular weight is 398 g/mol. The molecule has 0 radical (unpaired) electrons. The van der Waals surface area contributed by atoms with Gasteiger partial charge in [-0.1, -0.05) is 37.3 Å². The first kappa shape index (κ1) is 20.2. The van der Waals surface area contributed by atoms with E-state index in [4.69, 9.17) is 0 Å². The minimum absolute atomic E-state index is 0.0183. The van der Waals surface area contributed by atoms with E-state index in [9.17, 15) is 9.59 Å². The molecule has 4 bridgehead atoms. The number of nitrogens with zero attached hydrogens (tertiary/aromatic N) is 1. The smallest absolute Gasteiger partial charge is 0.315 e. The highest BCUT2D eigenvalue weighted by Gasteiger charge is 2.51. The Hall–Kier alpha value is -2.04. The van der Waals surface area contributed by atoms with Crippen molar-refractivity contribution in [3.8, 4) is 0 Å². The van der Waals surface area contributed by atoms with Gasteiger partial charge < -0.3 is 15.5 Å². The van der Waals surface area contributed by atoms with Gasteiger partial charge in [0.1, 0.15) is 0 Å². The van der Waals surface area contributed by atoms with Crippen LogP contribution in [-0.4, -0.2) is 35.5 Å². The van der Waals surface area contributed by atoms with Crippen LogP contribution in [0.1, 0.15) is 63.9 Å². The second kappa shape index (κ2) is 8.76. The van der Waals surface area contributed by atoms with Gasteiger partial charge in [0.25, 0.3) is 0 Å². The molecule has 2 N–H and O–H groups in total. The molecule has 4 aliphatic rings. The lowest BCUT2D eigenvalue weighted by Crippen LogP contribution is -2.61. The third kappa shape index (κ3) is 4.93. The summed E-state index contributed by atoms with van der Waals surface area (Å²) in [5.41, 5.74) is 1.16. The van der Waals surface area contributed by atoms with Crippen molar-refractivity contribution in [2.24, 2.45) is 17.8 Å².